The molecule has 0 radical (unpaired) electrons. The molecular formula is C12H18Br2N2O2S. The van der Waals surface area contributed by atoms with Crippen LogP contribution in [0.2, 0.25) is 0 Å². The largest absolute Gasteiger partial charge is 0.398 e. The first-order valence-electron chi connectivity index (χ1n) is 5.81. The number of nitrogens with two attached hydrogens (primary N) is 1. The monoisotopic (exact) mass is 412 g/mol. The Hall–Kier alpha value is -0.110. The lowest BCUT2D eigenvalue weighted by molar-refractivity contribution is 0.316. The van der Waals surface area contributed by atoms with E-state index in [0.717, 1.165) is 4.47 Å². The Morgan fingerprint density at radius 2 is 1.74 bits per heavy atom. The summed E-state index contributed by atoms with van der Waals surface area (Å²) < 4.78 is 27.8. The number of anilines is 1. The zero-order chi connectivity index (χ0) is 15.0. The molecule has 0 aliphatic rings. The zero-order valence-electron chi connectivity index (χ0n) is 11.3. The molecule has 0 saturated heterocycles. The summed E-state index contributed by atoms with van der Waals surface area (Å²) in [5.41, 5.74) is 6.08. The molecule has 1 unspecified atom stereocenters. The fourth-order valence-electron chi connectivity index (χ4n) is 1.64. The van der Waals surface area contributed by atoms with Gasteiger partial charge in [0.2, 0.25) is 10.0 Å². The van der Waals surface area contributed by atoms with Gasteiger partial charge in [-0.2, -0.15) is 4.31 Å². The first-order valence-corrected chi connectivity index (χ1v) is 8.84. The van der Waals surface area contributed by atoms with E-state index < -0.39 is 10.0 Å². The minimum absolute atomic E-state index is 0.111. The average Bonchev–Trinajstić information content (AvgIpc) is 2.24. The molecule has 0 saturated carbocycles. The highest BCUT2D eigenvalue weighted by Crippen LogP contribution is 2.34. The van der Waals surface area contributed by atoms with Crippen molar-refractivity contribution in [1.29, 1.82) is 0 Å². The van der Waals surface area contributed by atoms with Gasteiger partial charge >= 0.3 is 0 Å². The van der Waals surface area contributed by atoms with Gasteiger partial charge < -0.3 is 5.73 Å². The van der Waals surface area contributed by atoms with Crippen molar-refractivity contribution < 1.29 is 8.42 Å². The molecule has 1 atom stereocenters. The molecule has 0 aromatic heterocycles. The summed E-state index contributed by atoms with van der Waals surface area (Å²) in [6.07, 6.45) is 0. The van der Waals surface area contributed by atoms with Crippen molar-refractivity contribution in [2.75, 3.05) is 12.8 Å². The molecule has 1 aromatic carbocycles. The summed E-state index contributed by atoms with van der Waals surface area (Å²) in [5.74, 6) is 0.218. The van der Waals surface area contributed by atoms with Crippen molar-refractivity contribution in [3.05, 3.63) is 21.1 Å². The summed E-state index contributed by atoms with van der Waals surface area (Å²) in [7, 11) is -2.04. The van der Waals surface area contributed by atoms with Crippen LogP contribution in [0.25, 0.3) is 0 Å². The number of sulfonamides is 1. The summed E-state index contributed by atoms with van der Waals surface area (Å²) in [6.45, 7) is 5.85. The second-order valence-electron chi connectivity index (χ2n) is 4.81. The third-order valence-electron chi connectivity index (χ3n) is 3.21. The lowest BCUT2D eigenvalue weighted by Crippen LogP contribution is -2.38. The van der Waals surface area contributed by atoms with Crippen LogP contribution in [-0.2, 0) is 10.0 Å². The maximum absolute atomic E-state index is 12.6. The Labute approximate surface area is 131 Å². The molecule has 108 valence electrons. The highest BCUT2D eigenvalue weighted by Gasteiger charge is 2.30. The van der Waals surface area contributed by atoms with E-state index in [1.165, 1.54) is 4.31 Å². The third-order valence-corrected chi connectivity index (χ3v) is 6.62. The topological polar surface area (TPSA) is 63.4 Å². The Morgan fingerprint density at radius 1 is 1.21 bits per heavy atom. The van der Waals surface area contributed by atoms with Crippen LogP contribution in [0.15, 0.2) is 26.0 Å². The fourth-order valence-corrected chi connectivity index (χ4v) is 5.14. The number of nitrogen functional groups attached to an aromatic ring is 1. The molecule has 4 nitrogen and oxygen atoms in total. The van der Waals surface area contributed by atoms with Crippen LogP contribution in [0, 0.1) is 5.92 Å². The minimum atomic E-state index is -3.62. The normalized spacial score (nSPS) is 14.1. The van der Waals surface area contributed by atoms with Crippen LogP contribution >= 0.6 is 31.9 Å². The molecule has 2 N–H and O–H groups in total. The summed E-state index contributed by atoms with van der Waals surface area (Å²) >= 11 is 6.56. The van der Waals surface area contributed by atoms with Gasteiger partial charge in [0, 0.05) is 22.0 Å². The van der Waals surface area contributed by atoms with E-state index in [0.29, 0.717) is 4.47 Å². The molecule has 0 fully saturated rings. The molecule has 7 heteroatoms. The molecule has 1 aromatic rings. The Balaban J connectivity index is 3.36. The smallest absolute Gasteiger partial charge is 0.246 e. The lowest BCUT2D eigenvalue weighted by atomic mass is 10.1. The van der Waals surface area contributed by atoms with Crippen LogP contribution in [0.4, 0.5) is 5.69 Å². The van der Waals surface area contributed by atoms with E-state index in [4.69, 9.17) is 5.73 Å². The summed E-state index contributed by atoms with van der Waals surface area (Å²) in [6, 6.07) is 3.16. The number of hydrogen-bond donors (Lipinski definition) is 1. The maximum atomic E-state index is 12.6. The van der Waals surface area contributed by atoms with Crippen molar-refractivity contribution >= 4 is 47.6 Å². The van der Waals surface area contributed by atoms with Crippen molar-refractivity contribution in [2.45, 2.75) is 31.7 Å². The Bertz CT molecular complexity index is 550. The predicted molar refractivity (Wildman–Crippen MR) is 85.5 cm³/mol. The second-order valence-corrected chi connectivity index (χ2v) is 8.52. The molecule has 0 aliphatic carbocycles. The predicted octanol–water partition coefficient (Wildman–Crippen LogP) is 3.46. The van der Waals surface area contributed by atoms with Gasteiger partial charge in [0.05, 0.1) is 5.69 Å². The molecule has 0 heterocycles. The van der Waals surface area contributed by atoms with Crippen molar-refractivity contribution in [2.24, 2.45) is 5.92 Å². The van der Waals surface area contributed by atoms with E-state index in [1.807, 2.05) is 20.8 Å². The quantitative estimate of drug-likeness (QED) is 0.768. The molecule has 0 aliphatic heterocycles. The van der Waals surface area contributed by atoms with E-state index in [2.05, 4.69) is 31.9 Å². The Kier molecular flexibility index (Phi) is 5.45. The van der Waals surface area contributed by atoms with Gasteiger partial charge in [0.1, 0.15) is 4.90 Å². The van der Waals surface area contributed by atoms with Crippen LogP contribution in [0.5, 0.6) is 0 Å². The summed E-state index contributed by atoms with van der Waals surface area (Å²) in [4.78, 5) is 0.116. The molecule has 0 amide bonds. The van der Waals surface area contributed by atoms with Crippen molar-refractivity contribution in [3.63, 3.8) is 0 Å². The summed E-state index contributed by atoms with van der Waals surface area (Å²) in [5, 5.41) is 0. The average molecular weight is 414 g/mol. The van der Waals surface area contributed by atoms with Crippen LogP contribution in [0.1, 0.15) is 20.8 Å². The Morgan fingerprint density at radius 3 is 2.16 bits per heavy atom. The number of benzene rings is 1. The lowest BCUT2D eigenvalue weighted by Gasteiger charge is -2.28. The zero-order valence-corrected chi connectivity index (χ0v) is 15.3. The second kappa shape index (κ2) is 6.11. The van der Waals surface area contributed by atoms with E-state index >= 15 is 0 Å². The number of halogens is 2. The van der Waals surface area contributed by atoms with Crippen LogP contribution < -0.4 is 5.73 Å². The minimum Gasteiger partial charge on any atom is -0.398 e. The first kappa shape index (κ1) is 16.9. The molecule has 1 rings (SSSR count). The van der Waals surface area contributed by atoms with Gasteiger partial charge in [0.25, 0.3) is 0 Å². The first-order chi connectivity index (χ1) is 8.59. The van der Waals surface area contributed by atoms with Gasteiger partial charge in [0.15, 0.2) is 0 Å². The highest BCUT2D eigenvalue weighted by molar-refractivity contribution is 9.11. The van der Waals surface area contributed by atoms with E-state index in [-0.39, 0.29) is 22.5 Å². The molecular weight excluding hydrogens is 396 g/mol. The highest BCUT2D eigenvalue weighted by atomic mass is 79.9. The number of hydrogen-bond acceptors (Lipinski definition) is 3. The van der Waals surface area contributed by atoms with E-state index in [1.54, 1.807) is 19.2 Å². The molecule has 19 heavy (non-hydrogen) atoms. The molecule has 0 bridgehead atoms. The maximum Gasteiger partial charge on any atom is 0.246 e. The number of rotatable bonds is 4. The number of nitrogens with zero attached hydrogens (tertiary/aromatic N) is 1. The van der Waals surface area contributed by atoms with Gasteiger partial charge in [-0.05, 0) is 40.9 Å². The van der Waals surface area contributed by atoms with Crippen molar-refractivity contribution in [1.82, 2.24) is 4.31 Å². The fraction of sp³-hybridized carbons (Fsp3) is 0.500. The standard InChI is InChI=1S/C12H18Br2N2O2S/c1-7(2)8(3)16(4)19(17,18)12-10(14)5-9(13)6-11(12)15/h5-8H,15H2,1-4H3. The van der Waals surface area contributed by atoms with Gasteiger partial charge in [-0.15, -0.1) is 0 Å². The third kappa shape index (κ3) is 3.51. The van der Waals surface area contributed by atoms with Crippen LogP contribution in [-0.4, -0.2) is 25.8 Å². The van der Waals surface area contributed by atoms with E-state index in [9.17, 15) is 8.42 Å². The van der Waals surface area contributed by atoms with Crippen molar-refractivity contribution in [3.8, 4) is 0 Å². The van der Waals surface area contributed by atoms with Gasteiger partial charge in [-0.1, -0.05) is 29.8 Å². The molecule has 0 spiro atoms. The van der Waals surface area contributed by atoms with Crippen LogP contribution in [0.3, 0.4) is 0 Å². The van der Waals surface area contributed by atoms with Gasteiger partial charge in [-0.3, -0.25) is 0 Å². The van der Waals surface area contributed by atoms with Gasteiger partial charge in [-0.25, -0.2) is 8.42 Å². The SMILES string of the molecule is CC(C)C(C)N(C)S(=O)(=O)c1c(N)cc(Br)cc1Br.